The molecule has 4 amide bonds. The molecule has 3 N–H and O–H groups in total. The molecule has 1 aliphatic heterocycles. The van der Waals surface area contributed by atoms with E-state index < -0.39 is 29.7 Å². The van der Waals surface area contributed by atoms with E-state index in [1.807, 2.05) is 63.2 Å². The molecule has 41 heavy (non-hydrogen) atoms. The maximum Gasteiger partial charge on any atom is 0.320 e. The van der Waals surface area contributed by atoms with E-state index in [1.54, 1.807) is 30.3 Å². The molecular weight excluding hydrogens is 520 g/mol. The van der Waals surface area contributed by atoms with E-state index in [0.717, 1.165) is 17.5 Å². The number of amides is 4. The number of rotatable bonds is 12. The van der Waals surface area contributed by atoms with Gasteiger partial charge >= 0.3 is 6.03 Å². The normalized spacial score (nSPS) is 16.0. The van der Waals surface area contributed by atoms with Gasteiger partial charge in [0.05, 0.1) is 18.7 Å². The highest BCUT2D eigenvalue weighted by Gasteiger charge is 2.53. The monoisotopic (exact) mass is 558 g/mol. The molecule has 0 fully saturated rings. The Morgan fingerprint density at radius 3 is 2.10 bits per heavy atom. The van der Waals surface area contributed by atoms with Crippen molar-refractivity contribution < 1.29 is 23.9 Å². The van der Waals surface area contributed by atoms with Crippen LogP contribution in [0.4, 0.5) is 21.9 Å². The van der Waals surface area contributed by atoms with Crippen LogP contribution in [0.5, 0.6) is 0 Å². The largest absolute Gasteiger partial charge is 0.351 e. The lowest BCUT2D eigenvalue weighted by molar-refractivity contribution is -0.138. The Morgan fingerprint density at radius 2 is 1.46 bits per heavy atom. The molecular formula is C32H38N4O5. The molecule has 4 rings (SSSR count). The van der Waals surface area contributed by atoms with Crippen molar-refractivity contribution in [1.29, 1.82) is 0 Å². The summed E-state index contributed by atoms with van der Waals surface area (Å²) >= 11 is 0. The molecule has 3 aromatic carbocycles. The van der Waals surface area contributed by atoms with Gasteiger partial charge in [0.25, 0.3) is 5.91 Å². The predicted molar refractivity (Wildman–Crippen MR) is 160 cm³/mol. The first-order valence-electron chi connectivity index (χ1n) is 14.0. The highest BCUT2D eigenvalue weighted by atomic mass is 16.7. The van der Waals surface area contributed by atoms with Crippen LogP contribution in [0.25, 0.3) is 0 Å². The molecule has 216 valence electrons. The van der Waals surface area contributed by atoms with E-state index in [-0.39, 0.29) is 13.0 Å². The molecule has 3 aromatic rings. The zero-order valence-corrected chi connectivity index (χ0v) is 24.0. The number of benzene rings is 3. The van der Waals surface area contributed by atoms with Gasteiger partial charge in [-0.2, -0.15) is 0 Å². The number of aryl methyl sites for hydroxylation is 2. The molecule has 1 aliphatic rings. The lowest BCUT2D eigenvalue weighted by Crippen LogP contribution is -2.56. The summed E-state index contributed by atoms with van der Waals surface area (Å²) in [4.78, 5) is 42.7. The molecule has 0 spiro atoms. The summed E-state index contributed by atoms with van der Waals surface area (Å²) in [5.41, 5.74) is 2.79. The van der Waals surface area contributed by atoms with Crippen molar-refractivity contribution >= 4 is 34.9 Å². The summed E-state index contributed by atoms with van der Waals surface area (Å²) < 4.78 is 11.5. The van der Waals surface area contributed by atoms with Crippen LogP contribution in [0.3, 0.4) is 0 Å². The van der Waals surface area contributed by atoms with Crippen LogP contribution in [-0.4, -0.2) is 43.9 Å². The summed E-state index contributed by atoms with van der Waals surface area (Å²) in [6, 6.07) is 21.4. The molecule has 0 bridgehead atoms. The number of nitrogens with zero attached hydrogens (tertiary/aromatic N) is 1. The second-order valence-corrected chi connectivity index (χ2v) is 9.90. The van der Waals surface area contributed by atoms with Crippen molar-refractivity contribution in [2.75, 3.05) is 35.3 Å². The fourth-order valence-electron chi connectivity index (χ4n) is 4.98. The molecule has 0 unspecified atom stereocenters. The maximum atomic E-state index is 14.3. The number of anilines is 3. The minimum atomic E-state index is -1.66. The molecule has 1 heterocycles. The summed E-state index contributed by atoms with van der Waals surface area (Å²) in [7, 11) is 0. The van der Waals surface area contributed by atoms with Crippen molar-refractivity contribution in [1.82, 2.24) is 5.32 Å². The van der Waals surface area contributed by atoms with Gasteiger partial charge in [-0.1, -0.05) is 55.0 Å². The van der Waals surface area contributed by atoms with Crippen molar-refractivity contribution in [3.05, 3.63) is 89.5 Å². The van der Waals surface area contributed by atoms with E-state index in [9.17, 15) is 14.4 Å². The topological polar surface area (TPSA) is 109 Å². The highest BCUT2D eigenvalue weighted by Crippen LogP contribution is 2.43. The quantitative estimate of drug-likeness (QED) is 0.260. The van der Waals surface area contributed by atoms with Gasteiger partial charge in [-0.3, -0.25) is 9.59 Å². The number of fused-ring (bicyclic) bond motifs is 1. The molecule has 0 aliphatic carbocycles. The number of urea groups is 1. The summed E-state index contributed by atoms with van der Waals surface area (Å²) in [5, 5.41) is 8.57. The SMILES string of the molecule is CCOC(CN1C(=O)[C@](CC(=O)Nc2ccc(CC)cc2)(NC(=O)Nc2ccc(C)cc2)c2ccccc21)OCC. The Hall–Kier alpha value is -4.21. The van der Waals surface area contributed by atoms with Crippen molar-refractivity contribution in [3.63, 3.8) is 0 Å². The van der Waals surface area contributed by atoms with Gasteiger partial charge in [-0.15, -0.1) is 0 Å². The lowest BCUT2D eigenvalue weighted by Gasteiger charge is -2.30. The number of para-hydroxylation sites is 1. The maximum absolute atomic E-state index is 14.3. The van der Waals surface area contributed by atoms with Crippen LogP contribution >= 0.6 is 0 Å². The first kappa shape index (κ1) is 29.8. The fraction of sp³-hybridized carbons (Fsp3) is 0.344. The minimum Gasteiger partial charge on any atom is -0.351 e. The zero-order valence-electron chi connectivity index (χ0n) is 24.0. The standard InChI is InChI=1S/C32H38N4O5/c1-5-23-14-18-24(19-15-23)33-28(37)20-32(35-31(39)34-25-16-12-22(4)13-17-25)26-10-8-9-11-27(26)36(30(32)38)21-29(40-6-2)41-7-3/h8-19,29H,5-7,20-21H2,1-4H3,(H,33,37)(H2,34,35,39)/t32-/m1/s1. The second kappa shape index (κ2) is 13.4. The van der Waals surface area contributed by atoms with Crippen LogP contribution < -0.4 is 20.9 Å². The van der Waals surface area contributed by atoms with Gasteiger partial charge in [-0.25, -0.2) is 4.79 Å². The Kier molecular flexibility index (Phi) is 9.75. The smallest absolute Gasteiger partial charge is 0.320 e. The summed E-state index contributed by atoms with van der Waals surface area (Å²) in [6.07, 6.45) is -0.113. The third-order valence-corrected chi connectivity index (χ3v) is 7.01. The lowest BCUT2D eigenvalue weighted by atomic mass is 9.87. The van der Waals surface area contributed by atoms with E-state index in [4.69, 9.17) is 9.47 Å². The first-order valence-corrected chi connectivity index (χ1v) is 14.0. The molecule has 0 aromatic heterocycles. The number of carbonyl (C=O) groups excluding carboxylic acids is 3. The van der Waals surface area contributed by atoms with Crippen LogP contribution in [0.1, 0.15) is 43.9 Å². The average Bonchev–Trinajstić information content (AvgIpc) is 3.17. The molecule has 0 saturated heterocycles. The van der Waals surface area contributed by atoms with Gasteiger partial charge in [-0.05, 0) is 63.1 Å². The molecule has 0 saturated carbocycles. The third kappa shape index (κ3) is 6.93. The molecule has 9 nitrogen and oxygen atoms in total. The van der Waals surface area contributed by atoms with Crippen molar-refractivity contribution in [3.8, 4) is 0 Å². The van der Waals surface area contributed by atoms with Gasteiger partial charge < -0.3 is 30.3 Å². The van der Waals surface area contributed by atoms with Gasteiger partial charge in [0.1, 0.15) is 0 Å². The molecule has 1 atom stereocenters. The highest BCUT2D eigenvalue weighted by molar-refractivity contribution is 6.12. The van der Waals surface area contributed by atoms with Crippen molar-refractivity contribution in [2.45, 2.75) is 52.4 Å². The number of hydrogen-bond donors (Lipinski definition) is 3. The third-order valence-electron chi connectivity index (χ3n) is 7.01. The second-order valence-electron chi connectivity index (χ2n) is 9.90. The van der Waals surface area contributed by atoms with Crippen LogP contribution in [0.2, 0.25) is 0 Å². The van der Waals surface area contributed by atoms with Crippen LogP contribution in [-0.2, 0) is 31.0 Å². The average molecular weight is 559 g/mol. The summed E-state index contributed by atoms with van der Waals surface area (Å²) in [6.45, 7) is 8.61. The van der Waals surface area contributed by atoms with E-state index in [1.165, 1.54) is 4.90 Å². The fourth-order valence-corrected chi connectivity index (χ4v) is 4.98. The van der Waals surface area contributed by atoms with Gasteiger partial charge in [0.2, 0.25) is 5.91 Å². The van der Waals surface area contributed by atoms with Crippen LogP contribution in [0.15, 0.2) is 72.8 Å². The Balaban J connectivity index is 1.68. The molecule has 9 heteroatoms. The van der Waals surface area contributed by atoms with Gasteiger partial charge in [0, 0.05) is 30.2 Å². The summed E-state index contributed by atoms with van der Waals surface area (Å²) in [5.74, 6) is -0.861. The van der Waals surface area contributed by atoms with Crippen molar-refractivity contribution in [2.24, 2.45) is 0 Å². The van der Waals surface area contributed by atoms with Crippen LogP contribution in [0, 0.1) is 6.92 Å². The predicted octanol–water partition coefficient (Wildman–Crippen LogP) is 5.35. The Labute approximate surface area is 241 Å². The number of hydrogen-bond acceptors (Lipinski definition) is 5. The number of carbonyl (C=O) groups is 3. The molecule has 0 radical (unpaired) electrons. The number of nitrogens with one attached hydrogen (secondary N) is 3. The Bertz CT molecular complexity index is 1350. The Morgan fingerprint density at radius 1 is 0.854 bits per heavy atom. The van der Waals surface area contributed by atoms with E-state index in [2.05, 4.69) is 22.9 Å². The number of ether oxygens (including phenoxy) is 2. The first-order chi connectivity index (χ1) is 19.8. The van der Waals surface area contributed by atoms with Gasteiger partial charge in [0.15, 0.2) is 11.8 Å². The zero-order chi connectivity index (χ0) is 29.4. The minimum absolute atomic E-state index is 0.0979. The van der Waals surface area contributed by atoms with E-state index >= 15 is 0 Å². The van der Waals surface area contributed by atoms with E-state index in [0.29, 0.717) is 35.8 Å².